The summed E-state index contributed by atoms with van der Waals surface area (Å²) in [5, 5.41) is 0. The number of rotatable bonds is 5. The van der Waals surface area contributed by atoms with Crippen LogP contribution in [0, 0.1) is 0 Å². The minimum absolute atomic E-state index is 0.108. The molecule has 1 atom stereocenters. The number of benzene rings is 2. The fourth-order valence-electron chi connectivity index (χ4n) is 2.17. The van der Waals surface area contributed by atoms with E-state index in [-0.39, 0.29) is 16.4 Å². The van der Waals surface area contributed by atoms with Crippen LogP contribution in [-0.4, -0.2) is 39.7 Å². The predicted molar refractivity (Wildman–Crippen MR) is 94.3 cm³/mol. The summed E-state index contributed by atoms with van der Waals surface area (Å²) in [6, 6.07) is 14.4. The minimum atomic E-state index is -3.34. The molecule has 0 bridgehead atoms. The van der Waals surface area contributed by atoms with Crippen LogP contribution in [0.15, 0.2) is 59.5 Å². The van der Waals surface area contributed by atoms with E-state index in [1.54, 1.807) is 31.3 Å². The molecule has 0 aliphatic carbocycles. The molecule has 2 aromatic carbocycles. The van der Waals surface area contributed by atoms with Gasteiger partial charge in [0, 0.05) is 19.0 Å². The largest absolute Gasteiger partial charge is 0.449 e. The molecular formula is C18H19NO5S. The van der Waals surface area contributed by atoms with Crippen molar-refractivity contribution in [1.82, 2.24) is 0 Å². The van der Waals surface area contributed by atoms with Gasteiger partial charge in [-0.25, -0.2) is 13.2 Å². The van der Waals surface area contributed by atoms with Crippen molar-refractivity contribution in [3.8, 4) is 0 Å². The van der Waals surface area contributed by atoms with Crippen LogP contribution < -0.4 is 4.90 Å². The molecule has 0 fully saturated rings. The lowest BCUT2D eigenvalue weighted by molar-refractivity contribution is -0.126. The first kappa shape index (κ1) is 18.7. The first-order valence-electron chi connectivity index (χ1n) is 7.54. The second kappa shape index (κ2) is 7.48. The number of anilines is 1. The second-order valence-corrected chi connectivity index (χ2v) is 7.59. The van der Waals surface area contributed by atoms with Crippen LogP contribution in [0.25, 0.3) is 0 Å². The van der Waals surface area contributed by atoms with E-state index in [1.807, 2.05) is 6.07 Å². The third-order valence-electron chi connectivity index (χ3n) is 3.62. The maximum Gasteiger partial charge on any atom is 0.338 e. The number of esters is 1. The average molecular weight is 361 g/mol. The molecule has 0 unspecified atom stereocenters. The van der Waals surface area contributed by atoms with Crippen molar-refractivity contribution in [2.75, 3.05) is 18.2 Å². The summed E-state index contributed by atoms with van der Waals surface area (Å²) < 4.78 is 28.0. The topological polar surface area (TPSA) is 80.8 Å². The molecule has 132 valence electrons. The summed E-state index contributed by atoms with van der Waals surface area (Å²) in [5.41, 5.74) is 0.863. The molecule has 0 saturated carbocycles. The van der Waals surface area contributed by atoms with Crippen molar-refractivity contribution < 1.29 is 22.7 Å². The van der Waals surface area contributed by atoms with Crippen molar-refractivity contribution in [3.05, 3.63) is 60.2 Å². The summed E-state index contributed by atoms with van der Waals surface area (Å²) in [6.45, 7) is 1.49. The summed E-state index contributed by atoms with van der Waals surface area (Å²) in [7, 11) is -1.74. The van der Waals surface area contributed by atoms with Gasteiger partial charge in [0.1, 0.15) is 0 Å². The Morgan fingerprint density at radius 1 is 1.00 bits per heavy atom. The van der Waals surface area contributed by atoms with Gasteiger partial charge in [0.25, 0.3) is 5.91 Å². The molecule has 2 rings (SSSR count). The lowest BCUT2D eigenvalue weighted by Gasteiger charge is -2.21. The number of carbonyl (C=O) groups excluding carboxylic acids is 2. The smallest absolute Gasteiger partial charge is 0.338 e. The normalized spacial score (nSPS) is 12.3. The lowest BCUT2D eigenvalue weighted by atomic mass is 10.2. The van der Waals surface area contributed by atoms with E-state index >= 15 is 0 Å². The fraction of sp³-hybridized carbons (Fsp3) is 0.222. The van der Waals surface area contributed by atoms with Crippen LogP contribution in [0.2, 0.25) is 0 Å². The number of carbonyl (C=O) groups is 2. The van der Waals surface area contributed by atoms with Crippen molar-refractivity contribution in [3.63, 3.8) is 0 Å². The standard InChI is InChI=1S/C18H19NO5S/c1-13(17(20)19(2)15-7-5-4-6-8-15)24-18(21)14-9-11-16(12-10-14)25(3,22)23/h4-13H,1-3H3/t13-/m1/s1. The van der Waals surface area contributed by atoms with E-state index < -0.39 is 21.9 Å². The molecule has 0 radical (unpaired) electrons. The third kappa shape index (κ3) is 4.67. The van der Waals surface area contributed by atoms with Gasteiger partial charge in [-0.1, -0.05) is 18.2 Å². The van der Waals surface area contributed by atoms with E-state index in [0.29, 0.717) is 5.69 Å². The molecule has 0 aliphatic rings. The first-order valence-corrected chi connectivity index (χ1v) is 9.43. The van der Waals surface area contributed by atoms with Crippen molar-refractivity contribution in [2.45, 2.75) is 17.9 Å². The number of amides is 1. The summed E-state index contributed by atoms with van der Waals surface area (Å²) in [6.07, 6.45) is 0.104. The lowest BCUT2D eigenvalue weighted by Crippen LogP contribution is -2.37. The molecule has 7 heteroatoms. The number of hydrogen-bond acceptors (Lipinski definition) is 5. The van der Waals surface area contributed by atoms with Gasteiger partial charge in [-0.15, -0.1) is 0 Å². The average Bonchev–Trinajstić information content (AvgIpc) is 2.60. The number of ether oxygens (including phenoxy) is 1. The first-order chi connectivity index (χ1) is 11.7. The van der Waals surface area contributed by atoms with Gasteiger partial charge in [0.2, 0.25) is 0 Å². The zero-order chi connectivity index (χ0) is 18.6. The number of nitrogens with zero attached hydrogens (tertiary/aromatic N) is 1. The Morgan fingerprint density at radius 2 is 1.56 bits per heavy atom. The van der Waals surface area contributed by atoms with Crippen LogP contribution in [-0.2, 0) is 19.4 Å². The van der Waals surface area contributed by atoms with Gasteiger partial charge in [0.05, 0.1) is 10.5 Å². The van der Waals surface area contributed by atoms with E-state index in [4.69, 9.17) is 4.74 Å². The second-order valence-electron chi connectivity index (χ2n) is 5.58. The Bertz CT molecular complexity index is 860. The van der Waals surface area contributed by atoms with E-state index in [1.165, 1.54) is 36.1 Å². The number of sulfone groups is 1. The summed E-state index contributed by atoms with van der Waals surface area (Å²) >= 11 is 0. The molecule has 0 saturated heterocycles. The molecule has 1 amide bonds. The summed E-state index contributed by atoms with van der Waals surface area (Å²) in [4.78, 5) is 26.0. The van der Waals surface area contributed by atoms with Crippen LogP contribution in [0.1, 0.15) is 17.3 Å². The van der Waals surface area contributed by atoms with Gasteiger partial charge in [-0.3, -0.25) is 4.79 Å². The molecule has 0 aromatic heterocycles. The van der Waals surface area contributed by atoms with Crippen LogP contribution in [0.4, 0.5) is 5.69 Å². The molecule has 6 nitrogen and oxygen atoms in total. The predicted octanol–water partition coefficient (Wildman–Crippen LogP) is 2.30. The van der Waals surface area contributed by atoms with E-state index in [2.05, 4.69) is 0 Å². The number of para-hydroxylation sites is 1. The highest BCUT2D eigenvalue weighted by molar-refractivity contribution is 7.90. The highest BCUT2D eigenvalue weighted by Gasteiger charge is 2.23. The van der Waals surface area contributed by atoms with E-state index in [0.717, 1.165) is 6.26 Å². The fourth-order valence-corrected chi connectivity index (χ4v) is 2.80. The molecule has 0 aliphatic heterocycles. The zero-order valence-corrected chi connectivity index (χ0v) is 15.0. The molecule has 0 N–H and O–H groups in total. The van der Waals surface area contributed by atoms with Crippen molar-refractivity contribution in [1.29, 1.82) is 0 Å². The Balaban J connectivity index is 2.05. The Hall–Kier alpha value is -2.67. The van der Waals surface area contributed by atoms with Gasteiger partial charge in [-0.05, 0) is 43.3 Å². The summed E-state index contributed by atoms with van der Waals surface area (Å²) in [5.74, 6) is -1.06. The monoisotopic (exact) mass is 361 g/mol. The molecule has 0 heterocycles. The maximum atomic E-state index is 12.4. The Kier molecular flexibility index (Phi) is 5.58. The number of likely N-dealkylation sites (N-methyl/N-ethyl adjacent to an activating group) is 1. The SMILES string of the molecule is C[C@@H](OC(=O)c1ccc(S(C)(=O)=O)cc1)C(=O)N(C)c1ccccc1. The number of hydrogen-bond donors (Lipinski definition) is 0. The molecule has 2 aromatic rings. The molecule has 0 spiro atoms. The van der Waals surface area contributed by atoms with Crippen molar-refractivity contribution >= 4 is 27.4 Å². The maximum absolute atomic E-state index is 12.4. The molecule has 25 heavy (non-hydrogen) atoms. The van der Waals surface area contributed by atoms with Crippen LogP contribution >= 0.6 is 0 Å². The van der Waals surface area contributed by atoms with E-state index in [9.17, 15) is 18.0 Å². The zero-order valence-electron chi connectivity index (χ0n) is 14.2. The highest BCUT2D eigenvalue weighted by Crippen LogP contribution is 2.15. The van der Waals surface area contributed by atoms with Gasteiger partial charge in [0.15, 0.2) is 15.9 Å². The third-order valence-corrected chi connectivity index (χ3v) is 4.75. The van der Waals surface area contributed by atoms with Crippen LogP contribution in [0.3, 0.4) is 0 Å². The van der Waals surface area contributed by atoms with Gasteiger partial charge in [-0.2, -0.15) is 0 Å². The van der Waals surface area contributed by atoms with Crippen molar-refractivity contribution in [2.24, 2.45) is 0 Å². The Morgan fingerprint density at radius 3 is 2.08 bits per heavy atom. The minimum Gasteiger partial charge on any atom is -0.449 e. The van der Waals surface area contributed by atoms with Gasteiger partial charge < -0.3 is 9.64 Å². The Labute approximate surface area is 146 Å². The van der Waals surface area contributed by atoms with Crippen LogP contribution in [0.5, 0.6) is 0 Å². The van der Waals surface area contributed by atoms with Gasteiger partial charge >= 0.3 is 5.97 Å². The molecular weight excluding hydrogens is 342 g/mol. The quantitative estimate of drug-likeness (QED) is 0.764. The highest BCUT2D eigenvalue weighted by atomic mass is 32.2.